The summed E-state index contributed by atoms with van der Waals surface area (Å²) in [5.74, 6) is 0.827. The van der Waals surface area contributed by atoms with Crippen LogP contribution in [0.1, 0.15) is 29.6 Å². The maximum absolute atomic E-state index is 4.40. The van der Waals surface area contributed by atoms with Gasteiger partial charge in [0.2, 0.25) is 5.95 Å². The van der Waals surface area contributed by atoms with Crippen LogP contribution < -0.4 is 5.32 Å². The SMILES string of the molecule is Brc1ccc(C2CC(c3ccccc3)Nc3ncnn32)cc1. The summed E-state index contributed by atoms with van der Waals surface area (Å²) in [4.78, 5) is 4.36. The molecule has 1 aliphatic heterocycles. The lowest BCUT2D eigenvalue weighted by Crippen LogP contribution is -2.28. The molecule has 0 aliphatic carbocycles. The lowest BCUT2D eigenvalue weighted by Gasteiger charge is -2.31. The Morgan fingerprint density at radius 1 is 1.00 bits per heavy atom. The van der Waals surface area contributed by atoms with Crippen molar-refractivity contribution in [1.82, 2.24) is 14.8 Å². The van der Waals surface area contributed by atoms with Gasteiger partial charge in [0.05, 0.1) is 12.1 Å². The first-order valence-electron chi connectivity index (χ1n) is 7.28. The largest absolute Gasteiger partial charge is 0.348 e. The van der Waals surface area contributed by atoms with Crippen LogP contribution in [0.4, 0.5) is 5.95 Å². The molecule has 4 rings (SSSR count). The molecule has 0 saturated heterocycles. The molecule has 3 aromatic rings. The number of hydrogen-bond acceptors (Lipinski definition) is 3. The van der Waals surface area contributed by atoms with Gasteiger partial charge in [0.15, 0.2) is 0 Å². The number of fused-ring (bicyclic) bond motifs is 1. The van der Waals surface area contributed by atoms with E-state index in [1.165, 1.54) is 11.1 Å². The topological polar surface area (TPSA) is 42.7 Å². The molecule has 0 saturated carbocycles. The summed E-state index contributed by atoms with van der Waals surface area (Å²) in [6.07, 6.45) is 2.56. The minimum Gasteiger partial charge on any atom is -0.348 e. The molecule has 0 bridgehead atoms. The Kier molecular flexibility index (Phi) is 3.42. The molecule has 1 aliphatic rings. The molecule has 0 spiro atoms. The molecule has 22 heavy (non-hydrogen) atoms. The fraction of sp³-hybridized carbons (Fsp3) is 0.176. The van der Waals surface area contributed by atoms with E-state index in [9.17, 15) is 0 Å². The number of nitrogens with one attached hydrogen (secondary N) is 1. The first-order valence-corrected chi connectivity index (χ1v) is 8.07. The van der Waals surface area contributed by atoms with Crippen LogP contribution >= 0.6 is 15.9 Å². The van der Waals surface area contributed by atoms with Crippen LogP contribution in [-0.4, -0.2) is 14.8 Å². The van der Waals surface area contributed by atoms with Crippen molar-refractivity contribution in [1.29, 1.82) is 0 Å². The average Bonchev–Trinajstić information content (AvgIpc) is 3.04. The van der Waals surface area contributed by atoms with Gasteiger partial charge in [-0.1, -0.05) is 58.4 Å². The van der Waals surface area contributed by atoms with Crippen LogP contribution in [0.3, 0.4) is 0 Å². The summed E-state index contributed by atoms with van der Waals surface area (Å²) in [6.45, 7) is 0. The second kappa shape index (κ2) is 5.57. The molecular formula is C17H15BrN4. The van der Waals surface area contributed by atoms with Crippen molar-refractivity contribution in [2.75, 3.05) is 5.32 Å². The van der Waals surface area contributed by atoms with Gasteiger partial charge in [-0.15, -0.1) is 0 Å². The third kappa shape index (κ3) is 2.41. The molecule has 0 radical (unpaired) electrons. The molecule has 1 aromatic heterocycles. The van der Waals surface area contributed by atoms with E-state index in [-0.39, 0.29) is 12.1 Å². The average molecular weight is 355 g/mol. The molecule has 110 valence electrons. The van der Waals surface area contributed by atoms with Crippen molar-refractivity contribution >= 4 is 21.9 Å². The van der Waals surface area contributed by atoms with Crippen molar-refractivity contribution < 1.29 is 0 Å². The smallest absolute Gasteiger partial charge is 0.222 e. The summed E-state index contributed by atoms with van der Waals surface area (Å²) in [5.41, 5.74) is 2.52. The van der Waals surface area contributed by atoms with E-state index < -0.39 is 0 Å². The van der Waals surface area contributed by atoms with E-state index >= 15 is 0 Å². The number of aromatic nitrogens is 3. The van der Waals surface area contributed by atoms with Gasteiger partial charge < -0.3 is 5.32 Å². The van der Waals surface area contributed by atoms with E-state index in [1.807, 2.05) is 10.7 Å². The van der Waals surface area contributed by atoms with Crippen LogP contribution in [0, 0.1) is 0 Å². The van der Waals surface area contributed by atoms with Gasteiger partial charge in [-0.3, -0.25) is 0 Å². The summed E-state index contributed by atoms with van der Waals surface area (Å²) in [6, 6.07) is 19.4. The van der Waals surface area contributed by atoms with Crippen molar-refractivity contribution in [3.05, 3.63) is 76.5 Å². The zero-order chi connectivity index (χ0) is 14.9. The van der Waals surface area contributed by atoms with Crippen LogP contribution in [0.5, 0.6) is 0 Å². The Morgan fingerprint density at radius 3 is 2.55 bits per heavy atom. The van der Waals surface area contributed by atoms with Gasteiger partial charge in [-0.25, -0.2) is 4.68 Å². The lowest BCUT2D eigenvalue weighted by atomic mass is 9.93. The van der Waals surface area contributed by atoms with Crippen molar-refractivity contribution in [2.45, 2.75) is 18.5 Å². The predicted octanol–water partition coefficient (Wildman–Crippen LogP) is 4.19. The van der Waals surface area contributed by atoms with E-state index in [0.717, 1.165) is 16.8 Å². The van der Waals surface area contributed by atoms with Gasteiger partial charge in [0.25, 0.3) is 0 Å². The fourth-order valence-electron chi connectivity index (χ4n) is 2.99. The molecule has 2 unspecified atom stereocenters. The molecule has 2 heterocycles. The number of rotatable bonds is 2. The standard InChI is InChI=1S/C17H15BrN4/c18-14-8-6-13(7-9-14)16-10-15(12-4-2-1-3-5-12)21-17-19-11-20-22(16)17/h1-9,11,15-16H,10H2,(H,19,20,21). The first-order chi connectivity index (χ1) is 10.8. The zero-order valence-electron chi connectivity index (χ0n) is 11.9. The quantitative estimate of drug-likeness (QED) is 0.750. The molecular weight excluding hydrogens is 340 g/mol. The zero-order valence-corrected chi connectivity index (χ0v) is 13.4. The first kappa shape index (κ1) is 13.5. The molecule has 2 aromatic carbocycles. The van der Waals surface area contributed by atoms with Crippen LogP contribution in [0.15, 0.2) is 65.4 Å². The monoisotopic (exact) mass is 354 g/mol. The van der Waals surface area contributed by atoms with Crippen molar-refractivity contribution in [2.24, 2.45) is 0 Å². The number of halogens is 1. The Labute approximate surface area is 137 Å². The third-order valence-electron chi connectivity index (χ3n) is 4.09. The normalized spacial score (nSPS) is 20.2. The Morgan fingerprint density at radius 2 is 1.77 bits per heavy atom. The summed E-state index contributed by atoms with van der Waals surface area (Å²) < 4.78 is 3.06. The number of anilines is 1. The number of nitrogens with zero attached hydrogens (tertiary/aromatic N) is 3. The van der Waals surface area contributed by atoms with E-state index in [1.54, 1.807) is 6.33 Å². The highest BCUT2D eigenvalue weighted by atomic mass is 79.9. The van der Waals surface area contributed by atoms with Crippen LogP contribution in [0.25, 0.3) is 0 Å². The molecule has 5 heteroatoms. The minimum atomic E-state index is 0.192. The van der Waals surface area contributed by atoms with E-state index in [2.05, 4.69) is 79.9 Å². The van der Waals surface area contributed by atoms with E-state index in [0.29, 0.717) is 0 Å². The summed E-state index contributed by atoms with van der Waals surface area (Å²) in [5, 5.41) is 7.88. The highest BCUT2D eigenvalue weighted by Crippen LogP contribution is 2.37. The van der Waals surface area contributed by atoms with Gasteiger partial charge in [0.1, 0.15) is 6.33 Å². The highest BCUT2D eigenvalue weighted by molar-refractivity contribution is 9.10. The minimum absolute atomic E-state index is 0.192. The summed E-state index contributed by atoms with van der Waals surface area (Å²) in [7, 11) is 0. The highest BCUT2D eigenvalue weighted by Gasteiger charge is 2.29. The molecule has 2 atom stereocenters. The van der Waals surface area contributed by atoms with Crippen LogP contribution in [-0.2, 0) is 0 Å². The fourth-order valence-corrected chi connectivity index (χ4v) is 3.25. The van der Waals surface area contributed by atoms with Crippen LogP contribution in [0.2, 0.25) is 0 Å². The number of hydrogen-bond donors (Lipinski definition) is 1. The Hall–Kier alpha value is -2.14. The lowest BCUT2D eigenvalue weighted by molar-refractivity contribution is 0.431. The van der Waals surface area contributed by atoms with Gasteiger partial charge in [-0.2, -0.15) is 10.1 Å². The molecule has 4 nitrogen and oxygen atoms in total. The second-order valence-corrected chi connectivity index (χ2v) is 6.35. The number of benzene rings is 2. The Balaban J connectivity index is 1.73. The molecule has 0 amide bonds. The van der Waals surface area contributed by atoms with Crippen molar-refractivity contribution in [3.8, 4) is 0 Å². The second-order valence-electron chi connectivity index (χ2n) is 5.44. The maximum Gasteiger partial charge on any atom is 0.222 e. The third-order valence-corrected chi connectivity index (χ3v) is 4.62. The molecule has 0 fully saturated rings. The molecule has 1 N–H and O–H groups in total. The van der Waals surface area contributed by atoms with Gasteiger partial charge in [0, 0.05) is 4.47 Å². The van der Waals surface area contributed by atoms with E-state index in [4.69, 9.17) is 0 Å². The Bertz CT molecular complexity index is 767. The van der Waals surface area contributed by atoms with Crippen molar-refractivity contribution in [3.63, 3.8) is 0 Å². The maximum atomic E-state index is 4.40. The summed E-state index contributed by atoms with van der Waals surface area (Å²) >= 11 is 3.50. The van der Waals surface area contributed by atoms with Gasteiger partial charge >= 0.3 is 0 Å². The van der Waals surface area contributed by atoms with Gasteiger partial charge in [-0.05, 0) is 29.7 Å². The predicted molar refractivity (Wildman–Crippen MR) is 89.7 cm³/mol.